The molecule has 0 radical (unpaired) electrons. The van der Waals surface area contributed by atoms with Crippen LogP contribution in [0.5, 0.6) is 0 Å². The molecule has 1 aromatic rings. The average molecular weight is 263 g/mol. The number of hydrogen-bond acceptors (Lipinski definition) is 2. The van der Waals surface area contributed by atoms with E-state index in [1.54, 1.807) is 0 Å². The lowest BCUT2D eigenvalue weighted by Crippen LogP contribution is -2.04. The maximum Gasteiger partial charge on any atom is 0.416 e. The highest BCUT2D eigenvalue weighted by molar-refractivity contribution is 7.93. The van der Waals surface area contributed by atoms with E-state index in [2.05, 4.69) is 4.36 Å². The predicted molar refractivity (Wildman–Crippen MR) is 60.6 cm³/mol. The fourth-order valence-electron chi connectivity index (χ4n) is 1.75. The fourth-order valence-corrected chi connectivity index (χ4v) is 3.95. The Bertz CT molecular complexity index is 501. The molecule has 0 spiro atoms. The second-order valence-corrected chi connectivity index (χ2v) is 6.57. The van der Waals surface area contributed by atoms with Gasteiger partial charge in [-0.2, -0.15) is 17.5 Å². The van der Waals surface area contributed by atoms with Crippen molar-refractivity contribution in [2.45, 2.75) is 19.0 Å². The molecule has 0 N–H and O–H groups in total. The molecule has 0 amide bonds. The summed E-state index contributed by atoms with van der Waals surface area (Å²) in [5.41, 5.74) is -0.345. The van der Waals surface area contributed by atoms with Crippen molar-refractivity contribution in [3.63, 3.8) is 0 Å². The number of nitrogens with zero attached hydrogens (tertiary/aromatic N) is 1. The molecule has 1 fully saturated rings. The Hall–Kier alpha value is -1.04. The summed E-state index contributed by atoms with van der Waals surface area (Å²) in [6.45, 7) is 0. The highest BCUT2D eigenvalue weighted by atomic mass is 32.2. The van der Waals surface area contributed by atoms with Gasteiger partial charge in [-0.05, 0) is 37.1 Å². The summed E-state index contributed by atoms with van der Waals surface area (Å²) in [5.74, 6) is 1.10. The van der Waals surface area contributed by atoms with Crippen LogP contribution in [0.25, 0.3) is 0 Å². The normalized spacial score (nSPS) is 19.2. The molecule has 94 valence electrons. The van der Waals surface area contributed by atoms with E-state index in [0.717, 1.165) is 25.0 Å². The molecule has 0 saturated carbocycles. The van der Waals surface area contributed by atoms with E-state index in [9.17, 15) is 17.4 Å². The van der Waals surface area contributed by atoms with Gasteiger partial charge in [0.2, 0.25) is 0 Å². The van der Waals surface area contributed by atoms with E-state index in [1.807, 2.05) is 0 Å². The third kappa shape index (κ3) is 3.00. The van der Waals surface area contributed by atoms with Crippen LogP contribution in [0.2, 0.25) is 0 Å². The Morgan fingerprint density at radius 2 is 1.59 bits per heavy atom. The zero-order valence-electron chi connectivity index (χ0n) is 9.04. The molecular formula is C11H12F3NOS. The Kier molecular flexibility index (Phi) is 3.16. The molecule has 2 rings (SSSR count). The van der Waals surface area contributed by atoms with Crippen LogP contribution in [0, 0.1) is 0 Å². The summed E-state index contributed by atoms with van der Waals surface area (Å²) in [4.78, 5) is 0. The van der Waals surface area contributed by atoms with Crippen molar-refractivity contribution < 1.29 is 17.4 Å². The minimum atomic E-state index is -4.34. The lowest BCUT2D eigenvalue weighted by Gasteiger charge is -2.06. The molecule has 0 bridgehead atoms. The topological polar surface area (TPSA) is 29.4 Å². The quantitative estimate of drug-likeness (QED) is 0.761. The fraction of sp³-hybridized carbons (Fsp3) is 0.455. The van der Waals surface area contributed by atoms with Gasteiger partial charge >= 0.3 is 6.18 Å². The first-order valence-electron chi connectivity index (χ1n) is 5.29. The van der Waals surface area contributed by atoms with E-state index in [0.29, 0.717) is 17.2 Å². The number of hydrogen-bond donors (Lipinski definition) is 0. The molecule has 1 aliphatic rings. The molecule has 1 saturated heterocycles. The number of alkyl halides is 3. The van der Waals surface area contributed by atoms with Gasteiger partial charge in [-0.15, -0.1) is 0 Å². The first-order valence-corrected chi connectivity index (χ1v) is 7.14. The van der Waals surface area contributed by atoms with E-state index in [-0.39, 0.29) is 0 Å². The second kappa shape index (κ2) is 4.33. The summed E-state index contributed by atoms with van der Waals surface area (Å²) in [5, 5.41) is 0. The summed E-state index contributed by atoms with van der Waals surface area (Å²) in [7, 11) is -2.21. The molecule has 0 atom stereocenters. The summed E-state index contributed by atoms with van der Waals surface area (Å²) < 4.78 is 53.1. The molecule has 6 heteroatoms. The smallest absolute Gasteiger partial charge is 0.249 e. The van der Waals surface area contributed by atoms with Crippen LogP contribution in [-0.2, 0) is 15.9 Å². The van der Waals surface area contributed by atoms with Crippen LogP contribution in [0.3, 0.4) is 0 Å². The summed E-state index contributed by atoms with van der Waals surface area (Å²) in [6, 6.07) is 4.48. The van der Waals surface area contributed by atoms with E-state index < -0.39 is 21.5 Å². The van der Waals surface area contributed by atoms with Gasteiger partial charge in [0.05, 0.1) is 21.0 Å². The largest absolute Gasteiger partial charge is 0.416 e. The monoisotopic (exact) mass is 263 g/mol. The molecule has 1 aliphatic heterocycles. The van der Waals surface area contributed by atoms with Gasteiger partial charge in [0.1, 0.15) is 0 Å². The Balaban J connectivity index is 2.28. The van der Waals surface area contributed by atoms with E-state index in [1.165, 1.54) is 12.1 Å². The van der Waals surface area contributed by atoms with E-state index in [4.69, 9.17) is 0 Å². The van der Waals surface area contributed by atoms with Crippen LogP contribution < -0.4 is 0 Å². The van der Waals surface area contributed by atoms with Crippen molar-refractivity contribution in [1.29, 1.82) is 0 Å². The van der Waals surface area contributed by atoms with Crippen LogP contribution in [0.15, 0.2) is 28.6 Å². The van der Waals surface area contributed by atoms with Crippen molar-refractivity contribution in [3.05, 3.63) is 29.8 Å². The maximum absolute atomic E-state index is 12.3. The maximum atomic E-state index is 12.3. The third-order valence-electron chi connectivity index (χ3n) is 2.64. The van der Waals surface area contributed by atoms with Gasteiger partial charge in [-0.1, -0.05) is 0 Å². The lowest BCUT2D eigenvalue weighted by atomic mass is 10.2. The van der Waals surface area contributed by atoms with Crippen molar-refractivity contribution in [2.75, 3.05) is 11.5 Å². The zero-order chi connectivity index (χ0) is 12.5. The second-order valence-electron chi connectivity index (χ2n) is 4.02. The minimum absolute atomic E-state index is 0.366. The number of halogens is 3. The Morgan fingerprint density at radius 1 is 1.06 bits per heavy atom. The van der Waals surface area contributed by atoms with Gasteiger partial charge in [0.15, 0.2) is 0 Å². The molecule has 1 heterocycles. The van der Waals surface area contributed by atoms with Gasteiger partial charge in [0, 0.05) is 11.5 Å². The number of benzene rings is 1. The van der Waals surface area contributed by atoms with Gasteiger partial charge in [0.25, 0.3) is 0 Å². The molecular weight excluding hydrogens is 251 g/mol. The lowest BCUT2D eigenvalue weighted by molar-refractivity contribution is -0.137. The predicted octanol–water partition coefficient (Wildman–Crippen LogP) is 3.60. The molecule has 1 aromatic carbocycles. The molecule has 17 heavy (non-hydrogen) atoms. The van der Waals surface area contributed by atoms with Crippen LogP contribution in [-0.4, -0.2) is 15.7 Å². The first kappa shape index (κ1) is 12.4. The molecule has 0 unspecified atom stereocenters. The highest BCUT2D eigenvalue weighted by Gasteiger charge is 2.30. The molecule has 0 aromatic heterocycles. The van der Waals surface area contributed by atoms with Gasteiger partial charge < -0.3 is 0 Å². The van der Waals surface area contributed by atoms with Crippen LogP contribution >= 0.6 is 0 Å². The average Bonchev–Trinajstić information content (AvgIpc) is 2.64. The summed E-state index contributed by atoms with van der Waals surface area (Å²) >= 11 is 0. The van der Waals surface area contributed by atoms with Crippen LogP contribution in [0.1, 0.15) is 18.4 Å². The van der Waals surface area contributed by atoms with Crippen LogP contribution in [0.4, 0.5) is 18.9 Å². The highest BCUT2D eigenvalue weighted by Crippen LogP contribution is 2.31. The van der Waals surface area contributed by atoms with Gasteiger partial charge in [-0.3, -0.25) is 0 Å². The zero-order valence-corrected chi connectivity index (χ0v) is 9.85. The van der Waals surface area contributed by atoms with Crippen molar-refractivity contribution in [1.82, 2.24) is 0 Å². The molecule has 2 nitrogen and oxygen atoms in total. The standard InChI is InChI=1S/C11H12F3NOS/c12-11(13,14)9-3-5-10(6-4-9)15-17(16)7-1-2-8-17/h3-6H,1-2,7-8H2. The summed E-state index contributed by atoms with van der Waals surface area (Å²) in [6.07, 6.45) is -2.58. The SMILES string of the molecule is O=S1(=Nc2ccc(C(F)(F)F)cc2)CCCC1. The Labute approximate surface area is 98.0 Å². The molecule has 0 aliphatic carbocycles. The number of rotatable bonds is 1. The van der Waals surface area contributed by atoms with Crippen molar-refractivity contribution >= 4 is 15.4 Å². The Morgan fingerprint density at radius 3 is 2.06 bits per heavy atom. The van der Waals surface area contributed by atoms with Crippen molar-refractivity contribution in [3.8, 4) is 0 Å². The van der Waals surface area contributed by atoms with E-state index >= 15 is 0 Å². The third-order valence-corrected chi connectivity index (χ3v) is 5.04. The van der Waals surface area contributed by atoms with Gasteiger partial charge in [-0.25, -0.2) is 4.21 Å². The first-order chi connectivity index (χ1) is 7.89. The minimum Gasteiger partial charge on any atom is -0.249 e. The van der Waals surface area contributed by atoms with Crippen molar-refractivity contribution in [2.24, 2.45) is 4.36 Å².